The number of H-pyrrole nitrogens is 1. The number of hydrogen-bond acceptors (Lipinski definition) is 1. The van der Waals surface area contributed by atoms with Crippen molar-refractivity contribution < 1.29 is 0 Å². The van der Waals surface area contributed by atoms with E-state index in [1.54, 1.807) is 0 Å². The highest BCUT2D eigenvalue weighted by molar-refractivity contribution is 9.13. The van der Waals surface area contributed by atoms with Crippen molar-refractivity contribution in [1.82, 2.24) is 9.97 Å². The van der Waals surface area contributed by atoms with Crippen molar-refractivity contribution in [2.45, 2.75) is 25.2 Å². The molecule has 1 fully saturated rings. The van der Waals surface area contributed by atoms with Crippen molar-refractivity contribution in [2.75, 3.05) is 0 Å². The average Bonchev–Trinajstić information content (AvgIpc) is 2.08. The first-order valence-corrected chi connectivity index (χ1v) is 5.27. The number of aromatic amines is 1. The van der Waals surface area contributed by atoms with Crippen molar-refractivity contribution in [3.05, 3.63) is 15.0 Å². The number of aromatic nitrogens is 2. The van der Waals surface area contributed by atoms with E-state index >= 15 is 0 Å². The van der Waals surface area contributed by atoms with Crippen LogP contribution in [0.25, 0.3) is 0 Å². The number of halogens is 2. The van der Waals surface area contributed by atoms with Crippen LogP contribution < -0.4 is 0 Å². The fourth-order valence-corrected chi connectivity index (χ4v) is 1.80. The number of hydrogen-bond donors (Lipinski definition) is 1. The fraction of sp³-hybridized carbons (Fsp3) is 0.571. The third-order valence-corrected chi connectivity index (χ3v) is 3.81. The van der Waals surface area contributed by atoms with Gasteiger partial charge in [0.2, 0.25) is 0 Å². The molecule has 1 aromatic rings. The Balaban J connectivity index is 2.24. The van der Waals surface area contributed by atoms with Crippen molar-refractivity contribution in [3.63, 3.8) is 0 Å². The van der Waals surface area contributed by atoms with Crippen LogP contribution >= 0.6 is 31.9 Å². The molecule has 0 amide bonds. The standard InChI is InChI=1S/C7H8Br2N2/c8-5-6(9)11-7(10-5)4-2-1-3-4/h4H,1-3H2,(H,10,11). The van der Waals surface area contributed by atoms with Gasteiger partial charge in [-0.1, -0.05) is 6.42 Å². The molecule has 11 heavy (non-hydrogen) atoms. The highest BCUT2D eigenvalue weighted by Crippen LogP contribution is 2.36. The Kier molecular flexibility index (Phi) is 2.06. The summed E-state index contributed by atoms with van der Waals surface area (Å²) >= 11 is 6.72. The molecular formula is C7H8Br2N2. The normalized spacial score (nSPS) is 18.4. The van der Waals surface area contributed by atoms with E-state index in [2.05, 4.69) is 41.8 Å². The Morgan fingerprint density at radius 2 is 2.09 bits per heavy atom. The zero-order chi connectivity index (χ0) is 7.84. The van der Waals surface area contributed by atoms with Gasteiger partial charge >= 0.3 is 0 Å². The monoisotopic (exact) mass is 278 g/mol. The lowest BCUT2D eigenvalue weighted by Gasteiger charge is -2.22. The summed E-state index contributed by atoms with van der Waals surface area (Å²) < 4.78 is 1.85. The topological polar surface area (TPSA) is 28.7 Å². The van der Waals surface area contributed by atoms with Gasteiger partial charge in [-0.25, -0.2) is 4.98 Å². The summed E-state index contributed by atoms with van der Waals surface area (Å²) in [6, 6.07) is 0. The van der Waals surface area contributed by atoms with E-state index in [1.807, 2.05) is 0 Å². The molecule has 2 rings (SSSR count). The lowest BCUT2D eigenvalue weighted by atomic mass is 9.85. The molecule has 2 nitrogen and oxygen atoms in total. The SMILES string of the molecule is Brc1nc(C2CCC2)[nH]c1Br. The number of rotatable bonds is 1. The molecular weight excluding hydrogens is 272 g/mol. The minimum absolute atomic E-state index is 0.678. The van der Waals surface area contributed by atoms with Crippen LogP contribution in [0.5, 0.6) is 0 Å². The minimum atomic E-state index is 0.678. The molecule has 1 aromatic heterocycles. The summed E-state index contributed by atoms with van der Waals surface area (Å²) in [7, 11) is 0. The molecule has 0 saturated heterocycles. The summed E-state index contributed by atoms with van der Waals surface area (Å²) in [5, 5.41) is 0. The molecule has 0 bridgehead atoms. The second-order valence-corrected chi connectivity index (χ2v) is 4.40. The molecule has 60 valence electrons. The highest BCUT2D eigenvalue weighted by Gasteiger charge is 2.23. The van der Waals surface area contributed by atoms with Gasteiger partial charge in [-0.2, -0.15) is 0 Å². The molecule has 0 unspecified atom stereocenters. The lowest BCUT2D eigenvalue weighted by molar-refractivity contribution is 0.403. The van der Waals surface area contributed by atoms with Gasteiger partial charge in [0.05, 0.1) is 0 Å². The van der Waals surface area contributed by atoms with Crippen LogP contribution in [0, 0.1) is 0 Å². The summed E-state index contributed by atoms with van der Waals surface area (Å²) in [6.07, 6.45) is 3.92. The van der Waals surface area contributed by atoms with Gasteiger partial charge in [0, 0.05) is 5.92 Å². The average molecular weight is 280 g/mol. The van der Waals surface area contributed by atoms with Crippen LogP contribution in [0.4, 0.5) is 0 Å². The number of nitrogens with one attached hydrogen (secondary N) is 1. The van der Waals surface area contributed by atoms with Crippen LogP contribution in [0.15, 0.2) is 9.21 Å². The van der Waals surface area contributed by atoms with Crippen LogP contribution in [-0.4, -0.2) is 9.97 Å². The Hall–Kier alpha value is 0.170. The van der Waals surface area contributed by atoms with Crippen molar-refractivity contribution >= 4 is 31.9 Å². The van der Waals surface area contributed by atoms with Gasteiger partial charge in [-0.15, -0.1) is 0 Å². The summed E-state index contributed by atoms with van der Waals surface area (Å²) in [5.74, 6) is 1.80. The number of imidazole rings is 1. The van der Waals surface area contributed by atoms with Gasteiger partial charge in [0.15, 0.2) is 0 Å². The molecule has 1 aliphatic rings. The molecule has 1 aliphatic carbocycles. The van der Waals surface area contributed by atoms with E-state index in [0.29, 0.717) is 5.92 Å². The van der Waals surface area contributed by atoms with E-state index < -0.39 is 0 Å². The third kappa shape index (κ3) is 1.38. The Morgan fingerprint density at radius 3 is 2.45 bits per heavy atom. The zero-order valence-electron chi connectivity index (χ0n) is 5.90. The maximum atomic E-state index is 4.35. The lowest BCUT2D eigenvalue weighted by Crippen LogP contribution is -2.10. The van der Waals surface area contributed by atoms with Gasteiger partial charge in [-0.05, 0) is 44.7 Å². The first-order chi connectivity index (χ1) is 5.27. The quantitative estimate of drug-likeness (QED) is 0.840. The van der Waals surface area contributed by atoms with Gasteiger partial charge in [0.1, 0.15) is 15.0 Å². The number of nitrogens with zero attached hydrogens (tertiary/aromatic N) is 1. The van der Waals surface area contributed by atoms with Crippen LogP contribution in [0.1, 0.15) is 31.0 Å². The van der Waals surface area contributed by atoms with E-state index in [4.69, 9.17) is 0 Å². The highest BCUT2D eigenvalue weighted by atomic mass is 79.9. The summed E-state index contributed by atoms with van der Waals surface area (Å²) in [6.45, 7) is 0. The van der Waals surface area contributed by atoms with E-state index in [1.165, 1.54) is 19.3 Å². The largest absolute Gasteiger partial charge is 0.336 e. The van der Waals surface area contributed by atoms with E-state index in [9.17, 15) is 0 Å². The van der Waals surface area contributed by atoms with Crippen molar-refractivity contribution in [3.8, 4) is 0 Å². The maximum Gasteiger partial charge on any atom is 0.138 e. The molecule has 0 aromatic carbocycles. The summed E-state index contributed by atoms with van der Waals surface area (Å²) in [4.78, 5) is 7.55. The Morgan fingerprint density at radius 1 is 1.36 bits per heavy atom. The second-order valence-electron chi connectivity index (χ2n) is 2.85. The van der Waals surface area contributed by atoms with Gasteiger partial charge < -0.3 is 4.98 Å². The molecule has 0 radical (unpaired) electrons. The van der Waals surface area contributed by atoms with Crippen molar-refractivity contribution in [1.29, 1.82) is 0 Å². The Labute approximate surface area is 82.0 Å². The molecule has 0 aliphatic heterocycles. The van der Waals surface area contributed by atoms with E-state index in [-0.39, 0.29) is 0 Å². The first-order valence-electron chi connectivity index (χ1n) is 3.68. The van der Waals surface area contributed by atoms with E-state index in [0.717, 1.165) is 15.0 Å². The predicted molar refractivity (Wildman–Crippen MR) is 50.6 cm³/mol. The minimum Gasteiger partial charge on any atom is -0.336 e. The van der Waals surface area contributed by atoms with Crippen LogP contribution in [0.2, 0.25) is 0 Å². The first kappa shape index (κ1) is 7.80. The predicted octanol–water partition coefficient (Wildman–Crippen LogP) is 3.20. The Bertz CT molecular complexity index is 246. The smallest absolute Gasteiger partial charge is 0.138 e. The molecule has 1 N–H and O–H groups in total. The van der Waals surface area contributed by atoms with Crippen LogP contribution in [0.3, 0.4) is 0 Å². The maximum absolute atomic E-state index is 4.35. The molecule has 0 spiro atoms. The molecule has 0 atom stereocenters. The van der Waals surface area contributed by atoms with Crippen LogP contribution in [-0.2, 0) is 0 Å². The fourth-order valence-electron chi connectivity index (χ4n) is 1.22. The van der Waals surface area contributed by atoms with Gasteiger partial charge in [-0.3, -0.25) is 0 Å². The van der Waals surface area contributed by atoms with Gasteiger partial charge in [0.25, 0.3) is 0 Å². The van der Waals surface area contributed by atoms with Crippen molar-refractivity contribution in [2.24, 2.45) is 0 Å². The second kappa shape index (κ2) is 2.90. The molecule has 1 saturated carbocycles. The third-order valence-electron chi connectivity index (χ3n) is 2.13. The molecule has 1 heterocycles. The zero-order valence-corrected chi connectivity index (χ0v) is 9.07. The summed E-state index contributed by atoms with van der Waals surface area (Å²) in [5.41, 5.74) is 0. The molecule has 4 heteroatoms.